The van der Waals surface area contributed by atoms with Crippen LogP contribution in [0.5, 0.6) is 23.0 Å². The van der Waals surface area contributed by atoms with Crippen molar-refractivity contribution < 1.29 is 28.5 Å². The second kappa shape index (κ2) is 11.3. The molecule has 0 unspecified atom stereocenters. The van der Waals surface area contributed by atoms with Gasteiger partial charge in [-0.1, -0.05) is 33.3 Å². The fourth-order valence-corrected chi connectivity index (χ4v) is 6.00. The number of fused-ring (bicyclic) bond motifs is 2. The Labute approximate surface area is 237 Å². The lowest BCUT2D eigenvalue weighted by Gasteiger charge is -2.25. The van der Waals surface area contributed by atoms with E-state index in [9.17, 15) is 9.59 Å². The quantitative estimate of drug-likeness (QED) is 0.353. The van der Waals surface area contributed by atoms with Gasteiger partial charge in [-0.3, -0.25) is 9.36 Å². The summed E-state index contributed by atoms with van der Waals surface area (Å²) >= 11 is 4.81. The molecule has 3 heterocycles. The van der Waals surface area contributed by atoms with Gasteiger partial charge in [-0.05, 0) is 69.2 Å². The van der Waals surface area contributed by atoms with Crippen LogP contribution in [0.3, 0.4) is 0 Å². The van der Waals surface area contributed by atoms with Gasteiger partial charge < -0.3 is 23.7 Å². The van der Waals surface area contributed by atoms with Crippen LogP contribution >= 0.6 is 27.3 Å². The number of benzene rings is 2. The molecule has 2 aromatic carbocycles. The number of nitrogens with zero attached hydrogens (tertiary/aromatic N) is 2. The summed E-state index contributed by atoms with van der Waals surface area (Å²) in [4.78, 5) is 32.3. The van der Waals surface area contributed by atoms with Crippen molar-refractivity contribution in [2.24, 2.45) is 4.99 Å². The molecule has 11 heteroatoms. The molecule has 9 nitrogen and oxygen atoms in total. The topological polar surface area (TPSA) is 97.6 Å². The molecular weight excluding hydrogens is 588 g/mol. The predicted molar refractivity (Wildman–Crippen MR) is 149 cm³/mol. The Morgan fingerprint density at radius 3 is 2.54 bits per heavy atom. The van der Waals surface area contributed by atoms with Gasteiger partial charge in [0.2, 0.25) is 6.79 Å². The molecule has 0 spiro atoms. The molecule has 0 amide bonds. The standard InChI is InChI=1S/C28H27BrN2O7S/c1-5-34-19-9-8-16(10-20(19)35-6-2)25-24(27(33)36-7-3)15(4)30-28-31(25)26(32)23(39-28)12-17-11-21-22(13-18(17)29)38-14-37-21/h8-13,25H,5-7,14H2,1-4H3/b23-12-/t25-/m0/s1. The molecule has 0 aliphatic carbocycles. The average molecular weight is 616 g/mol. The van der Waals surface area contributed by atoms with E-state index in [-0.39, 0.29) is 19.0 Å². The largest absolute Gasteiger partial charge is 0.490 e. The molecule has 1 aromatic heterocycles. The van der Waals surface area contributed by atoms with Crippen LogP contribution in [-0.2, 0) is 9.53 Å². The molecule has 204 valence electrons. The van der Waals surface area contributed by atoms with Gasteiger partial charge in [0.1, 0.15) is 0 Å². The highest BCUT2D eigenvalue weighted by Gasteiger charge is 2.34. The highest BCUT2D eigenvalue weighted by atomic mass is 79.9. The van der Waals surface area contributed by atoms with E-state index >= 15 is 0 Å². The van der Waals surface area contributed by atoms with Gasteiger partial charge in [0.05, 0.1) is 41.7 Å². The first-order valence-corrected chi connectivity index (χ1v) is 14.2. The monoisotopic (exact) mass is 614 g/mol. The molecule has 39 heavy (non-hydrogen) atoms. The molecule has 3 aromatic rings. The van der Waals surface area contributed by atoms with Crippen LogP contribution in [0.25, 0.3) is 6.08 Å². The maximum absolute atomic E-state index is 13.9. The highest BCUT2D eigenvalue weighted by molar-refractivity contribution is 9.10. The van der Waals surface area contributed by atoms with E-state index in [4.69, 9.17) is 23.7 Å². The minimum absolute atomic E-state index is 0.148. The van der Waals surface area contributed by atoms with E-state index in [1.54, 1.807) is 30.6 Å². The Balaban J connectivity index is 1.71. The van der Waals surface area contributed by atoms with Gasteiger partial charge in [-0.15, -0.1) is 0 Å². The van der Waals surface area contributed by atoms with Crippen LogP contribution in [0.15, 0.2) is 55.9 Å². The lowest BCUT2D eigenvalue weighted by Crippen LogP contribution is -2.40. The number of rotatable bonds is 8. The van der Waals surface area contributed by atoms with E-state index in [0.717, 1.165) is 10.0 Å². The number of hydrogen-bond donors (Lipinski definition) is 0. The predicted octanol–water partition coefficient (Wildman–Crippen LogP) is 4.09. The Morgan fingerprint density at radius 2 is 1.82 bits per heavy atom. The van der Waals surface area contributed by atoms with Crippen molar-refractivity contribution in [3.05, 3.63) is 76.9 Å². The van der Waals surface area contributed by atoms with Crippen molar-refractivity contribution in [2.75, 3.05) is 26.6 Å². The van der Waals surface area contributed by atoms with Crippen LogP contribution < -0.4 is 33.8 Å². The number of esters is 1. The molecule has 1 atom stereocenters. The number of carbonyl (C=O) groups is 1. The number of carbonyl (C=O) groups excluding carboxylic acids is 1. The fraction of sp³-hybridized carbons (Fsp3) is 0.321. The minimum atomic E-state index is -0.766. The Kier molecular flexibility index (Phi) is 7.81. The number of halogens is 1. The van der Waals surface area contributed by atoms with Crippen LogP contribution in [0.1, 0.15) is 44.9 Å². The summed E-state index contributed by atoms with van der Waals surface area (Å²) in [5.74, 6) is 1.83. The SMILES string of the molecule is CCOC(=O)C1=C(C)N=c2s/c(=C\c3cc4c(cc3Br)OCO4)c(=O)n2[C@H]1c1ccc(OCC)c(OCC)c1. The molecule has 2 aliphatic heterocycles. The maximum Gasteiger partial charge on any atom is 0.338 e. The molecule has 2 aliphatic rings. The zero-order chi connectivity index (χ0) is 27.7. The molecular formula is C28H27BrN2O7S. The molecule has 0 bridgehead atoms. The number of ether oxygens (including phenoxy) is 5. The Morgan fingerprint density at radius 1 is 1.10 bits per heavy atom. The van der Waals surface area contributed by atoms with Crippen molar-refractivity contribution in [1.82, 2.24) is 4.57 Å². The first-order chi connectivity index (χ1) is 18.9. The molecule has 0 saturated carbocycles. The van der Waals surface area contributed by atoms with Crippen molar-refractivity contribution in [3.63, 3.8) is 0 Å². The van der Waals surface area contributed by atoms with Crippen LogP contribution in [0.2, 0.25) is 0 Å². The summed E-state index contributed by atoms with van der Waals surface area (Å²) in [6.45, 7) is 8.51. The second-order valence-electron chi connectivity index (χ2n) is 8.60. The molecule has 0 saturated heterocycles. The first kappa shape index (κ1) is 27.0. The average Bonchev–Trinajstić information content (AvgIpc) is 3.48. The van der Waals surface area contributed by atoms with E-state index in [1.807, 2.05) is 38.1 Å². The summed E-state index contributed by atoms with van der Waals surface area (Å²) in [5, 5.41) is 0. The summed E-state index contributed by atoms with van der Waals surface area (Å²) < 4.78 is 30.7. The third-order valence-electron chi connectivity index (χ3n) is 6.18. The Bertz CT molecular complexity index is 1660. The maximum atomic E-state index is 13.9. The smallest absolute Gasteiger partial charge is 0.338 e. The van der Waals surface area contributed by atoms with E-state index in [2.05, 4.69) is 20.9 Å². The fourth-order valence-electron chi connectivity index (χ4n) is 4.53. The van der Waals surface area contributed by atoms with Crippen LogP contribution in [0, 0.1) is 0 Å². The number of hydrogen-bond acceptors (Lipinski definition) is 9. The van der Waals surface area contributed by atoms with E-state index in [1.165, 1.54) is 11.3 Å². The van der Waals surface area contributed by atoms with E-state index in [0.29, 0.717) is 62.4 Å². The number of thiazole rings is 1. The van der Waals surface area contributed by atoms with E-state index < -0.39 is 12.0 Å². The summed E-state index contributed by atoms with van der Waals surface area (Å²) in [6, 6.07) is 8.30. The second-order valence-corrected chi connectivity index (χ2v) is 10.5. The molecule has 5 rings (SSSR count). The zero-order valence-corrected chi connectivity index (χ0v) is 24.3. The van der Waals surface area contributed by atoms with Gasteiger partial charge in [0.15, 0.2) is 27.8 Å². The minimum Gasteiger partial charge on any atom is -0.490 e. The van der Waals surface area contributed by atoms with Crippen LogP contribution in [0.4, 0.5) is 0 Å². The molecule has 0 N–H and O–H groups in total. The Hall–Kier alpha value is -3.57. The van der Waals surface area contributed by atoms with Gasteiger partial charge in [-0.2, -0.15) is 0 Å². The normalized spacial score (nSPS) is 16.1. The van der Waals surface area contributed by atoms with Crippen LogP contribution in [-0.4, -0.2) is 37.1 Å². The lowest BCUT2D eigenvalue weighted by molar-refractivity contribution is -0.139. The van der Waals surface area contributed by atoms with Gasteiger partial charge in [0, 0.05) is 4.47 Å². The summed E-state index contributed by atoms with van der Waals surface area (Å²) in [7, 11) is 0. The van der Waals surface area contributed by atoms with Gasteiger partial charge in [0.25, 0.3) is 5.56 Å². The number of aromatic nitrogens is 1. The third-order valence-corrected chi connectivity index (χ3v) is 7.85. The van der Waals surface area contributed by atoms with Gasteiger partial charge in [-0.25, -0.2) is 9.79 Å². The molecule has 0 radical (unpaired) electrons. The van der Waals surface area contributed by atoms with Crippen molar-refractivity contribution >= 4 is 39.3 Å². The highest BCUT2D eigenvalue weighted by Crippen LogP contribution is 2.38. The summed E-state index contributed by atoms with van der Waals surface area (Å²) in [6.07, 6.45) is 1.78. The third kappa shape index (κ3) is 5.08. The van der Waals surface area contributed by atoms with Crippen molar-refractivity contribution in [1.29, 1.82) is 0 Å². The lowest BCUT2D eigenvalue weighted by atomic mass is 9.95. The first-order valence-electron chi connectivity index (χ1n) is 12.5. The van der Waals surface area contributed by atoms with Crippen molar-refractivity contribution in [2.45, 2.75) is 33.7 Å². The number of allylic oxidation sites excluding steroid dienone is 1. The molecule has 0 fully saturated rings. The summed E-state index contributed by atoms with van der Waals surface area (Å²) in [5.41, 5.74) is 1.93. The zero-order valence-electron chi connectivity index (χ0n) is 21.9. The van der Waals surface area contributed by atoms with Gasteiger partial charge >= 0.3 is 5.97 Å². The van der Waals surface area contributed by atoms with Crippen molar-refractivity contribution in [3.8, 4) is 23.0 Å².